The van der Waals surface area contributed by atoms with Crippen LogP contribution in [0, 0.1) is 0 Å². The zero-order valence-corrected chi connectivity index (χ0v) is 35.8. The molecule has 0 radical (unpaired) electrons. The van der Waals surface area contributed by atoms with Crippen LogP contribution in [0.5, 0.6) is 69.0 Å². The van der Waals surface area contributed by atoms with Gasteiger partial charge in [-0.3, -0.25) is 0 Å². The number of benzene rings is 8. The second-order valence-corrected chi connectivity index (χ2v) is 17.6. The number of ether oxygens (including phenoxy) is 2. The van der Waals surface area contributed by atoms with Gasteiger partial charge in [0.15, 0.2) is 0 Å². The Balaban J connectivity index is 1.10. The summed E-state index contributed by atoms with van der Waals surface area (Å²) < 4.78 is 13.2. The first-order valence-corrected chi connectivity index (χ1v) is 21.8. The number of fused-ring (bicyclic) bond motifs is 3. The predicted octanol–water partition coefficient (Wildman–Crippen LogP) is 10.7. The molecule has 0 fully saturated rings. The summed E-state index contributed by atoms with van der Waals surface area (Å²) in [5, 5.41) is 110. The van der Waals surface area contributed by atoms with E-state index in [9.17, 15) is 51.1 Å². The molecule has 0 saturated carbocycles. The average molecular weight is 907 g/mol. The molecule has 10 N–H and O–H groups in total. The van der Waals surface area contributed by atoms with E-state index >= 15 is 0 Å². The van der Waals surface area contributed by atoms with Crippen LogP contribution in [0.3, 0.4) is 0 Å². The molecule has 1 aliphatic carbocycles. The maximum atomic E-state index is 12.1. The van der Waals surface area contributed by atoms with E-state index in [4.69, 9.17) is 9.47 Å². The normalized spacial score (nSPS) is 19.9. The summed E-state index contributed by atoms with van der Waals surface area (Å²) >= 11 is 0. The number of phenols is 10. The quantitative estimate of drug-likeness (QED) is 0.0675. The molecule has 0 spiro atoms. The minimum absolute atomic E-state index is 0.00509. The molecular weight excluding hydrogens is 865 g/mol. The minimum atomic E-state index is -0.859. The van der Waals surface area contributed by atoms with Crippen LogP contribution in [-0.2, 0) is 0 Å². The molecule has 338 valence electrons. The molecule has 0 aromatic heterocycles. The zero-order chi connectivity index (χ0) is 47.1. The highest BCUT2D eigenvalue weighted by molar-refractivity contribution is 5.77. The molecular formula is C56H42O12. The van der Waals surface area contributed by atoms with Crippen molar-refractivity contribution >= 4 is 12.2 Å². The standard InChI is InChI=1S/C56H42O12/c57-33-10-4-28(5-11-33)49-51(42-23-40(64)26-47-53(42)54(43-22-39(63)24-45(66)52(43)49)56(68-47)30-8-14-35(59)15-9-30)41-17-27(2-16-44(41)65)1-3-31-18-38(62)25-46-48(31)50(32-19-36(60)21-37(61)20-32)55(67-46)29-6-12-34(58)13-7-29/h1-26,49-51,54-66H/b3-1+/t49-,50+,51+,54+,55-,56-/m1/s1. The summed E-state index contributed by atoms with van der Waals surface area (Å²) in [4.78, 5) is 0. The molecule has 68 heavy (non-hydrogen) atoms. The molecule has 2 aliphatic heterocycles. The van der Waals surface area contributed by atoms with Crippen molar-refractivity contribution in [3.8, 4) is 69.0 Å². The largest absolute Gasteiger partial charge is 0.508 e. The van der Waals surface area contributed by atoms with E-state index in [-0.39, 0.29) is 57.5 Å². The molecule has 2 heterocycles. The van der Waals surface area contributed by atoms with Crippen LogP contribution in [0.1, 0.15) is 103 Å². The first kappa shape index (κ1) is 41.8. The van der Waals surface area contributed by atoms with Gasteiger partial charge in [-0.15, -0.1) is 0 Å². The Kier molecular flexibility index (Phi) is 9.78. The molecule has 11 rings (SSSR count). The van der Waals surface area contributed by atoms with Crippen molar-refractivity contribution in [2.75, 3.05) is 0 Å². The lowest BCUT2D eigenvalue weighted by Gasteiger charge is -2.31. The molecule has 8 aromatic rings. The first-order chi connectivity index (χ1) is 32.8. The summed E-state index contributed by atoms with van der Waals surface area (Å²) in [6.07, 6.45) is 2.15. The van der Waals surface area contributed by atoms with Gasteiger partial charge < -0.3 is 60.5 Å². The smallest absolute Gasteiger partial charge is 0.135 e. The zero-order valence-electron chi connectivity index (χ0n) is 35.8. The minimum Gasteiger partial charge on any atom is -0.508 e. The average Bonchev–Trinajstić information content (AvgIpc) is 3.84. The van der Waals surface area contributed by atoms with Gasteiger partial charge in [0.2, 0.25) is 0 Å². The molecule has 8 aromatic carbocycles. The molecule has 12 nitrogen and oxygen atoms in total. The summed E-state index contributed by atoms with van der Waals surface area (Å²) in [7, 11) is 0. The number of hydrogen-bond donors (Lipinski definition) is 10. The summed E-state index contributed by atoms with van der Waals surface area (Å²) in [6, 6.07) is 38.0. The van der Waals surface area contributed by atoms with Crippen LogP contribution >= 0.6 is 0 Å². The van der Waals surface area contributed by atoms with Crippen molar-refractivity contribution in [3.05, 3.63) is 212 Å². The second-order valence-electron chi connectivity index (χ2n) is 17.6. The van der Waals surface area contributed by atoms with Gasteiger partial charge in [-0.2, -0.15) is 0 Å². The highest BCUT2D eigenvalue weighted by Crippen LogP contribution is 2.63. The van der Waals surface area contributed by atoms with Crippen molar-refractivity contribution < 1.29 is 60.5 Å². The second kappa shape index (κ2) is 15.9. The van der Waals surface area contributed by atoms with E-state index in [1.807, 2.05) is 0 Å². The van der Waals surface area contributed by atoms with Crippen molar-refractivity contribution in [1.82, 2.24) is 0 Å². The number of phenolic OH excluding ortho intramolecular Hbond substituents is 10. The maximum Gasteiger partial charge on any atom is 0.135 e. The lowest BCUT2D eigenvalue weighted by molar-refractivity contribution is 0.221. The van der Waals surface area contributed by atoms with Crippen LogP contribution in [0.4, 0.5) is 0 Å². The number of rotatable bonds is 7. The van der Waals surface area contributed by atoms with E-state index in [0.29, 0.717) is 78.3 Å². The van der Waals surface area contributed by atoms with E-state index in [2.05, 4.69) is 0 Å². The Labute approximate surface area is 388 Å². The Morgan fingerprint density at radius 1 is 0.309 bits per heavy atom. The number of hydrogen-bond acceptors (Lipinski definition) is 12. The lowest BCUT2D eigenvalue weighted by atomic mass is 9.72. The van der Waals surface area contributed by atoms with Gasteiger partial charge in [0.25, 0.3) is 0 Å². The van der Waals surface area contributed by atoms with Gasteiger partial charge in [-0.1, -0.05) is 54.6 Å². The van der Waals surface area contributed by atoms with Crippen molar-refractivity contribution in [2.24, 2.45) is 0 Å². The fourth-order valence-corrected chi connectivity index (χ4v) is 10.6. The van der Waals surface area contributed by atoms with Crippen LogP contribution < -0.4 is 9.47 Å². The van der Waals surface area contributed by atoms with Crippen LogP contribution in [0.2, 0.25) is 0 Å². The first-order valence-electron chi connectivity index (χ1n) is 21.8. The third-order valence-corrected chi connectivity index (χ3v) is 13.4. The van der Waals surface area contributed by atoms with Crippen LogP contribution in [-0.4, -0.2) is 51.1 Å². The molecule has 12 heteroatoms. The number of aromatic hydroxyl groups is 10. The molecule has 0 saturated heterocycles. The third-order valence-electron chi connectivity index (χ3n) is 13.4. The van der Waals surface area contributed by atoms with Gasteiger partial charge in [0, 0.05) is 58.4 Å². The summed E-state index contributed by atoms with van der Waals surface area (Å²) in [5.74, 6) is -3.17. The van der Waals surface area contributed by atoms with E-state index in [1.54, 1.807) is 97.1 Å². The van der Waals surface area contributed by atoms with Gasteiger partial charge in [-0.25, -0.2) is 0 Å². The fraction of sp³-hybridized carbons (Fsp3) is 0.107. The SMILES string of the molecule is Oc1ccc([C@H]2c3c(O)cc(O)cc3[C@H]3c4c(cc(O)cc4[C@@H]2c2cc(/C=C/c4cc(O)cc5c4[C@H](c4cc(O)cc(O)c4)[C@@H](c4ccc(O)cc4)O5)ccc2O)O[C@@H]3c2ccc(O)cc2)cc1. The molecule has 6 atom stereocenters. The third kappa shape index (κ3) is 7.10. The molecule has 0 bridgehead atoms. The summed E-state index contributed by atoms with van der Waals surface area (Å²) in [6.45, 7) is 0. The van der Waals surface area contributed by atoms with Crippen molar-refractivity contribution in [2.45, 2.75) is 35.9 Å². The van der Waals surface area contributed by atoms with Crippen LogP contribution in [0.15, 0.2) is 146 Å². The van der Waals surface area contributed by atoms with E-state index in [0.717, 1.165) is 0 Å². The Morgan fingerprint density at radius 3 is 1.41 bits per heavy atom. The topological polar surface area (TPSA) is 221 Å². The van der Waals surface area contributed by atoms with Crippen LogP contribution in [0.25, 0.3) is 12.2 Å². The van der Waals surface area contributed by atoms with Gasteiger partial charge in [0.05, 0.1) is 11.8 Å². The van der Waals surface area contributed by atoms with Crippen molar-refractivity contribution in [3.63, 3.8) is 0 Å². The lowest BCUT2D eigenvalue weighted by Crippen LogP contribution is -2.16. The van der Waals surface area contributed by atoms with Gasteiger partial charge >= 0.3 is 0 Å². The molecule has 3 aliphatic rings. The highest BCUT2D eigenvalue weighted by atomic mass is 16.5. The summed E-state index contributed by atoms with van der Waals surface area (Å²) in [5.41, 5.74) is 6.91. The van der Waals surface area contributed by atoms with Crippen molar-refractivity contribution in [1.29, 1.82) is 0 Å². The van der Waals surface area contributed by atoms with E-state index in [1.165, 1.54) is 60.7 Å². The Hall–Kier alpha value is -8.90. The monoisotopic (exact) mass is 906 g/mol. The van der Waals surface area contributed by atoms with Gasteiger partial charge in [-0.05, 0) is 123 Å². The van der Waals surface area contributed by atoms with Gasteiger partial charge in [0.1, 0.15) is 81.2 Å². The maximum absolute atomic E-state index is 12.1. The molecule has 0 amide bonds. The fourth-order valence-electron chi connectivity index (χ4n) is 10.6. The molecule has 0 unspecified atom stereocenters. The van der Waals surface area contributed by atoms with E-state index < -0.39 is 35.9 Å². The highest BCUT2D eigenvalue weighted by Gasteiger charge is 2.48. The Bertz CT molecular complexity index is 3310. The predicted molar refractivity (Wildman–Crippen MR) is 251 cm³/mol. The Morgan fingerprint density at radius 2 is 0.809 bits per heavy atom.